The van der Waals surface area contributed by atoms with Crippen LogP contribution in [0.3, 0.4) is 0 Å². The van der Waals surface area contributed by atoms with Crippen molar-refractivity contribution in [3.05, 3.63) is 53.3 Å². The van der Waals surface area contributed by atoms with E-state index in [4.69, 9.17) is 9.47 Å². The van der Waals surface area contributed by atoms with Crippen LogP contribution >= 0.6 is 0 Å². The van der Waals surface area contributed by atoms with Crippen LogP contribution in [0.4, 0.5) is 8.78 Å². The van der Waals surface area contributed by atoms with Crippen molar-refractivity contribution < 1.29 is 32.9 Å². The first-order valence-electron chi connectivity index (χ1n) is 11.5. The third-order valence-corrected chi connectivity index (χ3v) is 6.35. The number of hydrogen-bond donors (Lipinski definition) is 1. The molecular formula is C25H30F2N2O5. The maximum Gasteiger partial charge on any atom is 0.358 e. The van der Waals surface area contributed by atoms with E-state index in [2.05, 4.69) is 9.72 Å². The van der Waals surface area contributed by atoms with E-state index in [0.717, 1.165) is 0 Å². The van der Waals surface area contributed by atoms with E-state index in [1.807, 2.05) is 6.07 Å². The standard InChI is InChI=1S/C25H30F2N2O5/c1-16-14-17(5-8-21(16)33-12-13-34-25(26,27)18-6-7-18)24(31)29-11-9-19(20(30)15-29)23-22(32-2)4-3-10-28-23/h3-5,8,10,14,18-20,30H,6-7,9,11-13,15H2,1-2H3. The number of rotatable bonds is 9. The third kappa shape index (κ3) is 5.47. The summed E-state index contributed by atoms with van der Waals surface area (Å²) in [6, 6.07) is 8.59. The van der Waals surface area contributed by atoms with Gasteiger partial charge in [-0.15, -0.1) is 0 Å². The molecule has 9 heteroatoms. The number of piperidine rings is 1. The molecule has 1 aromatic carbocycles. The van der Waals surface area contributed by atoms with Crippen molar-refractivity contribution in [2.24, 2.45) is 5.92 Å². The lowest BCUT2D eigenvalue weighted by Crippen LogP contribution is -2.46. The fourth-order valence-electron chi connectivity index (χ4n) is 4.28. The first kappa shape index (κ1) is 24.3. The summed E-state index contributed by atoms with van der Waals surface area (Å²) in [4.78, 5) is 19.0. The van der Waals surface area contributed by atoms with E-state index in [0.29, 0.717) is 54.1 Å². The van der Waals surface area contributed by atoms with Gasteiger partial charge in [0.25, 0.3) is 5.91 Å². The van der Waals surface area contributed by atoms with Crippen molar-refractivity contribution in [1.29, 1.82) is 0 Å². The van der Waals surface area contributed by atoms with Crippen molar-refractivity contribution in [1.82, 2.24) is 9.88 Å². The highest BCUT2D eigenvalue weighted by Gasteiger charge is 2.48. The molecule has 1 saturated heterocycles. The molecule has 1 amide bonds. The van der Waals surface area contributed by atoms with Gasteiger partial charge in [-0.05, 0) is 62.1 Å². The fourth-order valence-corrected chi connectivity index (χ4v) is 4.28. The number of benzene rings is 1. The summed E-state index contributed by atoms with van der Waals surface area (Å²) in [5, 5.41) is 10.7. The molecule has 1 aliphatic carbocycles. The number of aryl methyl sites for hydroxylation is 1. The molecule has 4 rings (SSSR count). The molecule has 1 N–H and O–H groups in total. The van der Waals surface area contributed by atoms with E-state index in [1.54, 1.807) is 49.4 Å². The Labute approximate surface area is 197 Å². The molecule has 2 atom stereocenters. The van der Waals surface area contributed by atoms with E-state index >= 15 is 0 Å². The van der Waals surface area contributed by atoms with Gasteiger partial charge in [-0.2, -0.15) is 8.78 Å². The predicted molar refractivity (Wildman–Crippen MR) is 120 cm³/mol. The third-order valence-electron chi connectivity index (χ3n) is 6.35. The first-order chi connectivity index (χ1) is 16.3. The Morgan fingerprint density at radius 3 is 2.68 bits per heavy atom. The highest BCUT2D eigenvalue weighted by Crippen LogP contribution is 2.43. The van der Waals surface area contributed by atoms with Crippen LogP contribution in [0.1, 0.15) is 46.8 Å². The molecule has 1 aliphatic heterocycles. The van der Waals surface area contributed by atoms with Crippen molar-refractivity contribution in [3.63, 3.8) is 0 Å². The maximum absolute atomic E-state index is 13.6. The molecule has 2 fully saturated rings. The monoisotopic (exact) mass is 476 g/mol. The average Bonchev–Trinajstić information content (AvgIpc) is 3.68. The lowest BCUT2D eigenvalue weighted by molar-refractivity contribution is -0.254. The predicted octanol–water partition coefficient (Wildman–Crippen LogP) is 3.79. The average molecular weight is 477 g/mol. The Morgan fingerprint density at radius 2 is 2.00 bits per heavy atom. The van der Waals surface area contributed by atoms with Gasteiger partial charge in [0.05, 0.1) is 31.4 Å². The van der Waals surface area contributed by atoms with E-state index in [1.165, 1.54) is 0 Å². The smallest absolute Gasteiger partial charge is 0.358 e. The maximum atomic E-state index is 13.6. The van der Waals surface area contributed by atoms with Crippen molar-refractivity contribution in [2.75, 3.05) is 33.4 Å². The summed E-state index contributed by atoms with van der Waals surface area (Å²) in [7, 11) is 1.57. The van der Waals surface area contributed by atoms with Gasteiger partial charge >= 0.3 is 6.11 Å². The Bertz CT molecular complexity index is 1010. The number of β-amino-alcohol motifs (C(OH)–C–C–N with tert-alkyl or cyclic N) is 1. The Morgan fingerprint density at radius 1 is 1.21 bits per heavy atom. The summed E-state index contributed by atoms with van der Waals surface area (Å²) in [6.45, 7) is 2.24. The number of hydrogen-bond acceptors (Lipinski definition) is 6. The number of ether oxygens (including phenoxy) is 3. The number of pyridine rings is 1. The van der Waals surface area contributed by atoms with Crippen LogP contribution in [-0.2, 0) is 4.74 Å². The van der Waals surface area contributed by atoms with Gasteiger partial charge < -0.3 is 24.2 Å². The summed E-state index contributed by atoms with van der Waals surface area (Å²) < 4.78 is 42.7. The molecule has 2 aliphatic rings. The number of alkyl halides is 2. The topological polar surface area (TPSA) is 81.1 Å². The van der Waals surface area contributed by atoms with Crippen molar-refractivity contribution >= 4 is 5.91 Å². The highest BCUT2D eigenvalue weighted by atomic mass is 19.3. The molecule has 2 heterocycles. The molecule has 0 bridgehead atoms. The lowest BCUT2D eigenvalue weighted by Gasteiger charge is -2.36. The van der Waals surface area contributed by atoms with Crippen LogP contribution in [-0.4, -0.2) is 66.5 Å². The van der Waals surface area contributed by atoms with Crippen LogP contribution < -0.4 is 9.47 Å². The number of likely N-dealkylation sites (tertiary alicyclic amines) is 1. The molecular weight excluding hydrogens is 446 g/mol. The Hall–Kier alpha value is -2.78. The summed E-state index contributed by atoms with van der Waals surface area (Å²) in [5.41, 5.74) is 1.89. The van der Waals surface area contributed by atoms with Gasteiger partial charge in [-0.1, -0.05) is 0 Å². The molecule has 184 valence electrons. The Kier molecular flexibility index (Phi) is 7.33. The number of aliphatic hydroxyl groups excluding tert-OH is 1. The SMILES string of the molecule is COc1cccnc1C1CCN(C(=O)c2ccc(OCCOC(F)(F)C3CC3)c(C)c2)CC1O. The molecule has 0 radical (unpaired) electrons. The van der Waals surface area contributed by atoms with Crippen LogP contribution in [0.25, 0.3) is 0 Å². The van der Waals surface area contributed by atoms with Gasteiger partial charge in [-0.3, -0.25) is 9.78 Å². The van der Waals surface area contributed by atoms with Crippen LogP contribution in [0.15, 0.2) is 36.5 Å². The minimum Gasteiger partial charge on any atom is -0.495 e. The number of methoxy groups -OCH3 is 1. The number of aromatic nitrogens is 1. The van der Waals surface area contributed by atoms with Crippen LogP contribution in [0.5, 0.6) is 11.5 Å². The number of carbonyl (C=O) groups excluding carboxylic acids is 1. The van der Waals surface area contributed by atoms with Crippen molar-refractivity contribution in [3.8, 4) is 11.5 Å². The zero-order valence-electron chi connectivity index (χ0n) is 19.4. The number of nitrogens with zero attached hydrogens (tertiary/aromatic N) is 2. The normalized spacial score (nSPS) is 20.8. The number of amides is 1. The second-order valence-electron chi connectivity index (χ2n) is 8.82. The molecule has 2 aromatic rings. The second kappa shape index (κ2) is 10.2. The second-order valence-corrected chi connectivity index (χ2v) is 8.82. The van der Waals surface area contributed by atoms with Crippen LogP contribution in [0, 0.1) is 12.8 Å². The number of halogens is 2. The molecule has 1 aromatic heterocycles. The quantitative estimate of drug-likeness (QED) is 0.555. The molecule has 0 spiro atoms. The van der Waals surface area contributed by atoms with Gasteiger partial charge in [-0.25, -0.2) is 0 Å². The van der Waals surface area contributed by atoms with Gasteiger partial charge in [0.15, 0.2) is 0 Å². The van der Waals surface area contributed by atoms with E-state index < -0.39 is 18.1 Å². The van der Waals surface area contributed by atoms with Crippen LogP contribution in [0.2, 0.25) is 0 Å². The highest BCUT2D eigenvalue weighted by molar-refractivity contribution is 5.94. The van der Waals surface area contributed by atoms with Crippen molar-refractivity contribution in [2.45, 2.75) is 44.3 Å². The molecule has 2 unspecified atom stereocenters. The zero-order valence-corrected chi connectivity index (χ0v) is 19.4. The Balaban J connectivity index is 1.32. The van der Waals surface area contributed by atoms with E-state index in [9.17, 15) is 18.7 Å². The minimum absolute atomic E-state index is 0.00681. The summed E-state index contributed by atoms with van der Waals surface area (Å²) >= 11 is 0. The van der Waals surface area contributed by atoms with E-state index in [-0.39, 0.29) is 31.6 Å². The number of aliphatic hydroxyl groups is 1. The summed E-state index contributed by atoms with van der Waals surface area (Å²) in [6.07, 6.45) is -0.637. The molecule has 1 saturated carbocycles. The zero-order chi connectivity index (χ0) is 24.3. The largest absolute Gasteiger partial charge is 0.495 e. The fraction of sp³-hybridized carbons (Fsp3) is 0.520. The van der Waals surface area contributed by atoms with Gasteiger partial charge in [0.2, 0.25) is 0 Å². The molecule has 34 heavy (non-hydrogen) atoms. The van der Waals surface area contributed by atoms with Gasteiger partial charge in [0, 0.05) is 30.8 Å². The lowest BCUT2D eigenvalue weighted by atomic mass is 9.89. The number of carbonyl (C=O) groups is 1. The molecule has 7 nitrogen and oxygen atoms in total. The first-order valence-corrected chi connectivity index (χ1v) is 11.5. The van der Waals surface area contributed by atoms with Gasteiger partial charge in [0.1, 0.15) is 18.1 Å². The summed E-state index contributed by atoms with van der Waals surface area (Å²) in [5.74, 6) is 0.0592. The minimum atomic E-state index is -3.09.